The lowest BCUT2D eigenvalue weighted by Crippen LogP contribution is -2.34. The van der Waals surface area contributed by atoms with Gasteiger partial charge >= 0.3 is 0 Å². The summed E-state index contributed by atoms with van der Waals surface area (Å²) < 4.78 is 6.92. The average molecular weight is 393 g/mol. The van der Waals surface area contributed by atoms with Gasteiger partial charge in [0, 0.05) is 26.1 Å². The van der Waals surface area contributed by atoms with Crippen molar-refractivity contribution < 1.29 is 9.53 Å². The van der Waals surface area contributed by atoms with Crippen LogP contribution in [0.15, 0.2) is 11.4 Å². The SMILES string of the molecule is COCCNc1nc(SC)nc2c1cnn2CCNC(=O)C1CCCCC1. The zero-order valence-corrected chi connectivity index (χ0v) is 16.8. The predicted octanol–water partition coefficient (Wildman–Crippen LogP) is 2.30. The number of thioether (sulfide) groups is 1. The number of rotatable bonds is 9. The number of hydrogen-bond donors (Lipinski definition) is 2. The third kappa shape index (κ3) is 5.10. The highest BCUT2D eigenvalue weighted by Gasteiger charge is 2.20. The fraction of sp³-hybridized carbons (Fsp3) is 0.667. The Hall–Kier alpha value is -1.87. The zero-order valence-electron chi connectivity index (χ0n) is 16.0. The summed E-state index contributed by atoms with van der Waals surface area (Å²) in [6.07, 6.45) is 9.32. The highest BCUT2D eigenvalue weighted by Crippen LogP contribution is 2.24. The Labute approximate surface area is 163 Å². The van der Waals surface area contributed by atoms with Crippen LogP contribution >= 0.6 is 11.8 Å². The van der Waals surface area contributed by atoms with Crippen molar-refractivity contribution in [1.29, 1.82) is 0 Å². The maximum Gasteiger partial charge on any atom is 0.223 e. The number of nitrogens with one attached hydrogen (secondary N) is 2. The summed E-state index contributed by atoms with van der Waals surface area (Å²) in [7, 11) is 1.67. The molecule has 27 heavy (non-hydrogen) atoms. The molecular formula is C18H28N6O2S. The third-order valence-corrected chi connectivity index (χ3v) is 5.40. The van der Waals surface area contributed by atoms with Crippen LogP contribution in [0.25, 0.3) is 11.0 Å². The molecule has 9 heteroatoms. The first-order chi connectivity index (χ1) is 13.2. The van der Waals surface area contributed by atoms with Gasteiger partial charge < -0.3 is 15.4 Å². The van der Waals surface area contributed by atoms with Gasteiger partial charge in [-0.05, 0) is 19.1 Å². The fourth-order valence-corrected chi connectivity index (χ4v) is 3.75. The van der Waals surface area contributed by atoms with E-state index in [2.05, 4.69) is 25.7 Å². The van der Waals surface area contributed by atoms with Crippen LogP contribution in [0.3, 0.4) is 0 Å². The number of methoxy groups -OCH3 is 1. The summed E-state index contributed by atoms with van der Waals surface area (Å²) in [6.45, 7) is 2.40. The average Bonchev–Trinajstić information content (AvgIpc) is 3.11. The van der Waals surface area contributed by atoms with Gasteiger partial charge in [-0.25, -0.2) is 14.6 Å². The van der Waals surface area contributed by atoms with E-state index in [-0.39, 0.29) is 11.8 Å². The van der Waals surface area contributed by atoms with Gasteiger partial charge in [-0.3, -0.25) is 4.79 Å². The van der Waals surface area contributed by atoms with E-state index in [0.29, 0.717) is 31.4 Å². The fourth-order valence-electron chi connectivity index (χ4n) is 3.39. The van der Waals surface area contributed by atoms with Crippen LogP contribution in [0.5, 0.6) is 0 Å². The molecule has 1 aliphatic rings. The quantitative estimate of drug-likeness (QED) is 0.384. The summed E-state index contributed by atoms with van der Waals surface area (Å²) in [5, 5.41) is 12.4. The molecule has 0 unspecified atom stereocenters. The molecule has 1 amide bonds. The Morgan fingerprint density at radius 1 is 1.30 bits per heavy atom. The van der Waals surface area contributed by atoms with Crippen LogP contribution < -0.4 is 10.6 Å². The molecule has 2 heterocycles. The third-order valence-electron chi connectivity index (χ3n) is 4.86. The number of hydrogen-bond acceptors (Lipinski definition) is 7. The second kappa shape index (κ2) is 9.89. The molecule has 1 saturated carbocycles. The molecule has 0 saturated heterocycles. The smallest absolute Gasteiger partial charge is 0.223 e. The molecule has 2 aromatic heterocycles. The number of carbonyl (C=O) groups excluding carboxylic acids is 1. The standard InChI is InChI=1S/C18H28N6O2S/c1-26-11-9-19-15-14-12-21-24(16(14)23-18(22-15)27-2)10-8-20-17(25)13-6-4-3-5-7-13/h12-13H,3-11H2,1-2H3,(H,20,25)(H,19,22,23). The van der Waals surface area contributed by atoms with E-state index in [1.165, 1.54) is 18.2 Å². The van der Waals surface area contributed by atoms with Gasteiger partial charge in [0.1, 0.15) is 5.82 Å². The van der Waals surface area contributed by atoms with E-state index < -0.39 is 0 Å². The first-order valence-corrected chi connectivity index (χ1v) is 10.7. The second-order valence-corrected chi connectivity index (χ2v) is 7.48. The minimum absolute atomic E-state index is 0.174. The van der Waals surface area contributed by atoms with E-state index in [1.807, 2.05) is 10.9 Å². The maximum atomic E-state index is 12.3. The molecule has 1 aliphatic carbocycles. The van der Waals surface area contributed by atoms with Crippen LogP contribution in [0, 0.1) is 5.92 Å². The van der Waals surface area contributed by atoms with E-state index in [1.54, 1.807) is 13.3 Å². The normalized spacial score (nSPS) is 15.2. The lowest BCUT2D eigenvalue weighted by Gasteiger charge is -2.20. The van der Waals surface area contributed by atoms with E-state index in [9.17, 15) is 4.79 Å². The molecule has 0 aliphatic heterocycles. The maximum absolute atomic E-state index is 12.3. The summed E-state index contributed by atoms with van der Waals surface area (Å²) in [5.41, 5.74) is 0.779. The topological polar surface area (TPSA) is 94.0 Å². The highest BCUT2D eigenvalue weighted by molar-refractivity contribution is 7.98. The number of ether oxygens (including phenoxy) is 1. The lowest BCUT2D eigenvalue weighted by molar-refractivity contribution is -0.125. The lowest BCUT2D eigenvalue weighted by atomic mass is 9.89. The second-order valence-electron chi connectivity index (χ2n) is 6.71. The van der Waals surface area contributed by atoms with Gasteiger partial charge in [0.15, 0.2) is 10.8 Å². The van der Waals surface area contributed by atoms with Crippen molar-refractivity contribution in [2.24, 2.45) is 5.92 Å². The van der Waals surface area contributed by atoms with Crippen molar-refractivity contribution in [2.75, 3.05) is 38.4 Å². The summed E-state index contributed by atoms with van der Waals surface area (Å²) in [4.78, 5) is 21.4. The monoisotopic (exact) mass is 392 g/mol. The Balaban J connectivity index is 1.65. The number of fused-ring (bicyclic) bond motifs is 1. The van der Waals surface area contributed by atoms with Crippen molar-refractivity contribution in [1.82, 2.24) is 25.1 Å². The summed E-state index contributed by atoms with van der Waals surface area (Å²) in [6, 6.07) is 0. The number of carbonyl (C=O) groups is 1. The first-order valence-electron chi connectivity index (χ1n) is 9.51. The number of amides is 1. The molecule has 0 spiro atoms. The van der Waals surface area contributed by atoms with Crippen molar-refractivity contribution in [3.8, 4) is 0 Å². The van der Waals surface area contributed by atoms with Crippen molar-refractivity contribution >= 4 is 34.5 Å². The van der Waals surface area contributed by atoms with E-state index in [0.717, 1.165) is 42.5 Å². The molecule has 0 bridgehead atoms. The van der Waals surface area contributed by atoms with Crippen LogP contribution in [-0.4, -0.2) is 58.7 Å². The van der Waals surface area contributed by atoms with Gasteiger partial charge in [-0.15, -0.1) is 0 Å². The number of aromatic nitrogens is 4. The Morgan fingerprint density at radius 3 is 2.85 bits per heavy atom. The zero-order chi connectivity index (χ0) is 19.1. The largest absolute Gasteiger partial charge is 0.383 e. The van der Waals surface area contributed by atoms with Crippen molar-refractivity contribution in [3.05, 3.63) is 6.20 Å². The minimum atomic E-state index is 0.174. The molecule has 0 radical (unpaired) electrons. The van der Waals surface area contributed by atoms with Gasteiger partial charge in [-0.1, -0.05) is 31.0 Å². The van der Waals surface area contributed by atoms with Crippen LogP contribution in [-0.2, 0) is 16.1 Å². The number of nitrogens with zero attached hydrogens (tertiary/aromatic N) is 4. The molecule has 0 aromatic carbocycles. The first kappa shape index (κ1) is 19.9. The van der Waals surface area contributed by atoms with Crippen molar-refractivity contribution in [3.63, 3.8) is 0 Å². The van der Waals surface area contributed by atoms with Crippen molar-refractivity contribution in [2.45, 2.75) is 43.8 Å². The van der Waals surface area contributed by atoms with Crippen LogP contribution in [0.2, 0.25) is 0 Å². The van der Waals surface area contributed by atoms with Gasteiger partial charge in [0.25, 0.3) is 0 Å². The minimum Gasteiger partial charge on any atom is -0.383 e. The molecule has 0 atom stereocenters. The summed E-state index contributed by atoms with van der Waals surface area (Å²) in [5.74, 6) is 1.11. The molecule has 8 nitrogen and oxygen atoms in total. The molecular weight excluding hydrogens is 364 g/mol. The Bertz CT molecular complexity index is 760. The van der Waals surface area contributed by atoms with E-state index in [4.69, 9.17) is 4.74 Å². The van der Waals surface area contributed by atoms with Gasteiger partial charge in [-0.2, -0.15) is 5.10 Å². The predicted molar refractivity (Wildman–Crippen MR) is 107 cm³/mol. The molecule has 3 rings (SSSR count). The van der Waals surface area contributed by atoms with E-state index >= 15 is 0 Å². The molecule has 148 valence electrons. The summed E-state index contributed by atoms with van der Waals surface area (Å²) >= 11 is 1.49. The van der Waals surface area contributed by atoms with Crippen LogP contribution in [0.1, 0.15) is 32.1 Å². The molecule has 2 N–H and O–H groups in total. The molecule has 1 fully saturated rings. The number of anilines is 1. The van der Waals surface area contributed by atoms with Crippen LogP contribution in [0.4, 0.5) is 5.82 Å². The highest BCUT2D eigenvalue weighted by atomic mass is 32.2. The van der Waals surface area contributed by atoms with Gasteiger partial charge in [0.2, 0.25) is 5.91 Å². The Morgan fingerprint density at radius 2 is 2.11 bits per heavy atom. The Kier molecular flexibility index (Phi) is 7.28. The molecule has 2 aromatic rings. The van der Waals surface area contributed by atoms with Gasteiger partial charge in [0.05, 0.1) is 24.7 Å².